The van der Waals surface area contributed by atoms with Crippen LogP contribution in [0.4, 0.5) is 0 Å². The fourth-order valence-electron chi connectivity index (χ4n) is 5.60. The Morgan fingerprint density at radius 3 is 2.02 bits per heavy atom. The van der Waals surface area contributed by atoms with E-state index in [4.69, 9.17) is 18.9 Å². The zero-order valence-electron chi connectivity index (χ0n) is 27.3. The Morgan fingerprint density at radius 2 is 1.42 bits per heavy atom. The summed E-state index contributed by atoms with van der Waals surface area (Å²) in [5, 5.41) is 0. The molecule has 0 saturated heterocycles. The number of rotatable bonds is 23. The second-order valence-electron chi connectivity index (χ2n) is 12.2. The summed E-state index contributed by atoms with van der Waals surface area (Å²) >= 11 is 0. The van der Waals surface area contributed by atoms with Gasteiger partial charge in [-0.3, -0.25) is 0 Å². The molecule has 1 aliphatic rings. The first-order valence-electron chi connectivity index (χ1n) is 16.9. The maximum absolute atomic E-state index is 12.2. The van der Waals surface area contributed by atoms with E-state index in [1.165, 1.54) is 76.7 Å². The second kappa shape index (κ2) is 22.7. The Kier molecular flexibility index (Phi) is 19.3. The molecule has 0 atom stereocenters. The van der Waals surface area contributed by atoms with Crippen LogP contribution in [0.3, 0.4) is 0 Å². The van der Waals surface area contributed by atoms with Crippen molar-refractivity contribution in [3.63, 3.8) is 0 Å². The van der Waals surface area contributed by atoms with Crippen LogP contribution in [0.25, 0.3) is 6.08 Å². The topological polar surface area (TPSA) is 71.1 Å². The molecule has 0 aliphatic heterocycles. The number of carbonyl (C=O) groups excluding carboxylic acids is 2. The highest BCUT2D eigenvalue weighted by atomic mass is 16.5. The first kappa shape index (κ1) is 36.4. The predicted octanol–water partition coefficient (Wildman–Crippen LogP) is 9.65. The third kappa shape index (κ3) is 16.6. The van der Waals surface area contributed by atoms with Gasteiger partial charge in [0.2, 0.25) is 0 Å². The van der Waals surface area contributed by atoms with E-state index in [-0.39, 0.29) is 11.9 Å². The number of carbonyl (C=O) groups is 2. The highest BCUT2D eigenvalue weighted by molar-refractivity contribution is 5.87. The third-order valence-electron chi connectivity index (χ3n) is 8.37. The Labute approximate surface area is 261 Å². The molecular formula is C37H58O6. The van der Waals surface area contributed by atoms with Gasteiger partial charge in [0.1, 0.15) is 0 Å². The molecule has 0 N–H and O–H groups in total. The number of methoxy groups -OCH3 is 1. The van der Waals surface area contributed by atoms with Crippen LogP contribution in [0.5, 0.6) is 11.5 Å². The van der Waals surface area contributed by atoms with Gasteiger partial charge in [0.25, 0.3) is 0 Å². The molecule has 1 aromatic rings. The van der Waals surface area contributed by atoms with Crippen molar-refractivity contribution < 1.29 is 28.5 Å². The monoisotopic (exact) mass is 598 g/mol. The number of hydrogen-bond donors (Lipinski definition) is 0. The van der Waals surface area contributed by atoms with E-state index in [2.05, 4.69) is 13.5 Å². The fraction of sp³-hybridized carbons (Fsp3) is 0.676. The van der Waals surface area contributed by atoms with Crippen LogP contribution in [0, 0.1) is 11.8 Å². The molecule has 1 saturated carbocycles. The van der Waals surface area contributed by atoms with E-state index in [0.717, 1.165) is 62.4 Å². The average Bonchev–Trinajstić information content (AvgIpc) is 3.01. The largest absolute Gasteiger partial charge is 0.493 e. The lowest BCUT2D eigenvalue weighted by molar-refractivity contribution is -0.139. The molecule has 0 aromatic heterocycles. The van der Waals surface area contributed by atoms with Gasteiger partial charge >= 0.3 is 11.9 Å². The zero-order chi connectivity index (χ0) is 31.1. The van der Waals surface area contributed by atoms with Crippen LogP contribution < -0.4 is 9.47 Å². The van der Waals surface area contributed by atoms with E-state index < -0.39 is 0 Å². The lowest BCUT2D eigenvalue weighted by Crippen LogP contribution is -2.20. The molecule has 1 fully saturated rings. The summed E-state index contributed by atoms with van der Waals surface area (Å²) in [4.78, 5) is 23.5. The Morgan fingerprint density at radius 1 is 0.814 bits per heavy atom. The van der Waals surface area contributed by atoms with Gasteiger partial charge in [-0.25, -0.2) is 9.59 Å². The van der Waals surface area contributed by atoms with E-state index in [1.807, 2.05) is 18.2 Å². The van der Waals surface area contributed by atoms with Crippen molar-refractivity contribution in [1.82, 2.24) is 0 Å². The molecular weight excluding hydrogens is 540 g/mol. The lowest BCUT2D eigenvalue weighted by atomic mass is 9.80. The van der Waals surface area contributed by atoms with E-state index in [0.29, 0.717) is 30.5 Å². The van der Waals surface area contributed by atoms with E-state index in [9.17, 15) is 9.59 Å². The van der Waals surface area contributed by atoms with Crippen molar-refractivity contribution in [2.24, 2.45) is 11.8 Å². The summed E-state index contributed by atoms with van der Waals surface area (Å²) in [6, 6.07) is 5.79. The minimum Gasteiger partial charge on any atom is -0.493 e. The minimum atomic E-state index is -0.321. The van der Waals surface area contributed by atoms with Crippen LogP contribution >= 0.6 is 0 Å². The number of benzene rings is 1. The summed E-state index contributed by atoms with van der Waals surface area (Å²) in [7, 11) is 1.65. The zero-order valence-corrected chi connectivity index (χ0v) is 27.3. The van der Waals surface area contributed by atoms with Gasteiger partial charge in [-0.05, 0) is 68.2 Å². The van der Waals surface area contributed by atoms with Gasteiger partial charge < -0.3 is 18.9 Å². The van der Waals surface area contributed by atoms with Crippen molar-refractivity contribution in [3.8, 4) is 11.5 Å². The van der Waals surface area contributed by atoms with Crippen molar-refractivity contribution in [3.05, 3.63) is 42.0 Å². The maximum Gasteiger partial charge on any atom is 0.333 e. The number of esters is 2. The van der Waals surface area contributed by atoms with Crippen molar-refractivity contribution in [2.45, 2.75) is 123 Å². The molecule has 0 unspecified atom stereocenters. The van der Waals surface area contributed by atoms with Gasteiger partial charge in [0.05, 0.1) is 26.9 Å². The first-order chi connectivity index (χ1) is 20.9. The van der Waals surface area contributed by atoms with Gasteiger partial charge in [0, 0.05) is 11.6 Å². The molecule has 0 heterocycles. The highest BCUT2D eigenvalue weighted by Gasteiger charge is 2.21. The first-order valence-corrected chi connectivity index (χ1v) is 16.9. The molecule has 242 valence electrons. The Hall–Kier alpha value is -2.76. The Balaban J connectivity index is 1.53. The average molecular weight is 599 g/mol. The quantitative estimate of drug-likeness (QED) is 0.0709. The summed E-state index contributed by atoms with van der Waals surface area (Å²) in [5.41, 5.74) is 1.33. The number of ether oxygens (including phenoxy) is 4. The molecule has 2 rings (SSSR count). The molecule has 6 nitrogen and oxygen atoms in total. The van der Waals surface area contributed by atoms with E-state index in [1.54, 1.807) is 20.1 Å². The summed E-state index contributed by atoms with van der Waals surface area (Å²) in [6.45, 7) is 9.18. The summed E-state index contributed by atoms with van der Waals surface area (Å²) < 4.78 is 22.2. The molecule has 6 heteroatoms. The molecule has 1 aliphatic carbocycles. The van der Waals surface area contributed by atoms with Crippen LogP contribution in [0.15, 0.2) is 36.4 Å². The van der Waals surface area contributed by atoms with Crippen molar-refractivity contribution in [2.75, 3.05) is 26.9 Å². The van der Waals surface area contributed by atoms with E-state index >= 15 is 0 Å². The normalized spacial score (nSPS) is 16.6. The maximum atomic E-state index is 12.2. The third-order valence-corrected chi connectivity index (χ3v) is 8.37. The van der Waals surface area contributed by atoms with Crippen LogP contribution in [0.1, 0.15) is 129 Å². The van der Waals surface area contributed by atoms with Gasteiger partial charge in [-0.15, -0.1) is 0 Å². The highest BCUT2D eigenvalue weighted by Crippen LogP contribution is 2.34. The summed E-state index contributed by atoms with van der Waals surface area (Å²) in [5.74, 6) is 2.35. The van der Waals surface area contributed by atoms with Crippen molar-refractivity contribution in [1.29, 1.82) is 0 Å². The summed E-state index contributed by atoms with van der Waals surface area (Å²) in [6.07, 6.45) is 23.7. The molecule has 0 bridgehead atoms. The number of hydrogen-bond acceptors (Lipinski definition) is 6. The second-order valence-corrected chi connectivity index (χ2v) is 12.2. The minimum absolute atomic E-state index is 0.298. The molecule has 1 aromatic carbocycles. The SMILES string of the molecule is C=C(C)C(=O)OCCCCCCCCCCCOC(=O)C=Cc1ccc(OCC2CCC(CCCCC)CC2)c(OC)c1. The molecule has 0 amide bonds. The standard InChI is InChI=1S/C37H58O6/c1-5-6-14-17-31-18-20-33(21-19-31)29-43-34-24-22-32(28-35(34)40-4)23-25-36(38)41-26-15-12-10-8-7-9-11-13-16-27-42-37(39)30(2)3/h22-25,28,31,33H,2,5-21,26-27,29H2,1,3-4H3. The molecule has 0 radical (unpaired) electrons. The van der Waals surface area contributed by atoms with Crippen LogP contribution in [-0.4, -0.2) is 38.9 Å². The van der Waals surface area contributed by atoms with Gasteiger partial charge in [0.15, 0.2) is 11.5 Å². The van der Waals surface area contributed by atoms with Crippen molar-refractivity contribution >= 4 is 18.0 Å². The number of unbranched alkanes of at least 4 members (excludes halogenated alkanes) is 10. The fourth-order valence-corrected chi connectivity index (χ4v) is 5.60. The lowest BCUT2D eigenvalue weighted by Gasteiger charge is -2.28. The van der Waals surface area contributed by atoms with Gasteiger partial charge in [-0.1, -0.05) is 103 Å². The smallest absolute Gasteiger partial charge is 0.333 e. The van der Waals surface area contributed by atoms with Crippen LogP contribution in [-0.2, 0) is 19.1 Å². The van der Waals surface area contributed by atoms with Crippen LogP contribution in [0.2, 0.25) is 0 Å². The predicted molar refractivity (Wildman–Crippen MR) is 175 cm³/mol. The molecule has 43 heavy (non-hydrogen) atoms. The molecule has 0 spiro atoms. The van der Waals surface area contributed by atoms with Gasteiger partial charge in [-0.2, -0.15) is 0 Å². The Bertz CT molecular complexity index is 960.